The van der Waals surface area contributed by atoms with Crippen LogP contribution in [-0.2, 0) is 5.41 Å². The first kappa shape index (κ1) is 14.3. The molecule has 2 aromatic rings. The highest BCUT2D eigenvalue weighted by atomic mass is 35.5. The Kier molecular flexibility index (Phi) is 3.34. The molecule has 2 aliphatic carbocycles. The fourth-order valence-corrected chi connectivity index (χ4v) is 4.71. The van der Waals surface area contributed by atoms with Crippen molar-refractivity contribution in [1.29, 1.82) is 0 Å². The van der Waals surface area contributed by atoms with E-state index in [1.807, 2.05) is 6.07 Å². The van der Waals surface area contributed by atoms with Gasteiger partial charge in [0.25, 0.3) is 0 Å². The van der Waals surface area contributed by atoms with Gasteiger partial charge in [-0.25, -0.2) is 0 Å². The smallest absolute Gasteiger partial charge is 0.0409 e. The van der Waals surface area contributed by atoms with E-state index in [4.69, 9.17) is 11.6 Å². The van der Waals surface area contributed by atoms with Crippen LogP contribution in [0.15, 0.2) is 36.4 Å². The maximum absolute atomic E-state index is 6.28. The molecule has 2 aromatic carbocycles. The predicted molar refractivity (Wildman–Crippen MR) is 94.8 cm³/mol. The maximum atomic E-state index is 6.28. The van der Waals surface area contributed by atoms with Gasteiger partial charge in [-0.1, -0.05) is 69.0 Å². The molecule has 0 spiro atoms. The molecule has 0 saturated heterocycles. The van der Waals surface area contributed by atoms with E-state index in [9.17, 15) is 0 Å². The van der Waals surface area contributed by atoms with Crippen molar-refractivity contribution in [2.24, 2.45) is 0 Å². The summed E-state index contributed by atoms with van der Waals surface area (Å²) < 4.78 is 0. The molecule has 0 N–H and O–H groups in total. The first-order chi connectivity index (χ1) is 10.6. The maximum Gasteiger partial charge on any atom is 0.0409 e. The summed E-state index contributed by atoms with van der Waals surface area (Å²) in [5.74, 6) is 0.737. The van der Waals surface area contributed by atoms with Gasteiger partial charge in [-0.2, -0.15) is 0 Å². The van der Waals surface area contributed by atoms with Crippen molar-refractivity contribution in [3.05, 3.63) is 58.1 Å². The lowest BCUT2D eigenvalue weighted by Gasteiger charge is -2.26. The van der Waals surface area contributed by atoms with E-state index < -0.39 is 0 Å². The van der Waals surface area contributed by atoms with Crippen LogP contribution < -0.4 is 0 Å². The van der Waals surface area contributed by atoms with E-state index in [1.165, 1.54) is 54.4 Å². The molecule has 0 bridgehead atoms. The van der Waals surface area contributed by atoms with Crippen LogP contribution in [0, 0.1) is 0 Å². The van der Waals surface area contributed by atoms with Gasteiger partial charge in [0.1, 0.15) is 0 Å². The van der Waals surface area contributed by atoms with Crippen LogP contribution >= 0.6 is 11.6 Å². The minimum atomic E-state index is 0.0558. The molecule has 2 aliphatic rings. The molecule has 114 valence electrons. The second-order valence-electron chi connectivity index (χ2n) is 7.42. The molecule has 0 unspecified atom stereocenters. The van der Waals surface area contributed by atoms with Crippen LogP contribution in [-0.4, -0.2) is 0 Å². The lowest BCUT2D eigenvalue weighted by atomic mass is 9.78. The van der Waals surface area contributed by atoms with Crippen LogP contribution in [0.2, 0.25) is 5.02 Å². The summed E-state index contributed by atoms with van der Waals surface area (Å²) in [6, 6.07) is 13.4. The number of halogens is 1. The standard InChI is InChI=1S/C21H23Cl/c1-21(2)18-10-6-9-16(14-7-4-3-5-8-14)20(18)17-12-11-15(22)13-19(17)21/h6,9-14H,3-5,7-8H2,1-2H3. The van der Waals surface area contributed by atoms with Crippen molar-refractivity contribution in [3.8, 4) is 11.1 Å². The van der Waals surface area contributed by atoms with Crippen LogP contribution in [0.25, 0.3) is 11.1 Å². The van der Waals surface area contributed by atoms with Crippen molar-refractivity contribution < 1.29 is 0 Å². The van der Waals surface area contributed by atoms with E-state index in [1.54, 1.807) is 5.56 Å². The molecule has 4 rings (SSSR count). The predicted octanol–water partition coefficient (Wildman–Crippen LogP) is 6.69. The summed E-state index contributed by atoms with van der Waals surface area (Å²) in [6.07, 6.45) is 6.86. The van der Waals surface area contributed by atoms with Gasteiger partial charge in [0.2, 0.25) is 0 Å². The summed E-state index contributed by atoms with van der Waals surface area (Å²) in [5.41, 5.74) is 7.41. The van der Waals surface area contributed by atoms with Gasteiger partial charge in [-0.05, 0) is 58.7 Å². The highest BCUT2D eigenvalue weighted by Crippen LogP contribution is 2.52. The Balaban J connectivity index is 1.94. The highest BCUT2D eigenvalue weighted by Gasteiger charge is 2.37. The molecule has 0 radical (unpaired) electrons. The fraction of sp³-hybridized carbons (Fsp3) is 0.429. The SMILES string of the molecule is CC1(C)c2cc(Cl)ccc2-c2c(C3CCCCC3)cccc21. The molecule has 1 heteroatoms. The number of rotatable bonds is 1. The molecule has 0 aromatic heterocycles. The van der Waals surface area contributed by atoms with Gasteiger partial charge >= 0.3 is 0 Å². The van der Waals surface area contributed by atoms with Crippen molar-refractivity contribution in [1.82, 2.24) is 0 Å². The van der Waals surface area contributed by atoms with Gasteiger partial charge in [0.05, 0.1) is 0 Å². The Morgan fingerprint density at radius 3 is 2.50 bits per heavy atom. The summed E-state index contributed by atoms with van der Waals surface area (Å²) in [7, 11) is 0. The van der Waals surface area contributed by atoms with Gasteiger partial charge in [0, 0.05) is 10.4 Å². The number of benzene rings is 2. The quantitative estimate of drug-likeness (QED) is 0.550. The molecule has 0 atom stereocenters. The third-order valence-corrected chi connectivity index (χ3v) is 5.97. The summed E-state index contributed by atoms with van der Waals surface area (Å²) in [5, 5.41) is 0.846. The van der Waals surface area contributed by atoms with Gasteiger partial charge in [0.15, 0.2) is 0 Å². The van der Waals surface area contributed by atoms with Gasteiger partial charge in [-0.15, -0.1) is 0 Å². The fourth-order valence-electron chi connectivity index (χ4n) is 4.54. The molecule has 0 nitrogen and oxygen atoms in total. The normalized spacial score (nSPS) is 19.8. The second kappa shape index (κ2) is 5.13. The topological polar surface area (TPSA) is 0 Å². The van der Waals surface area contributed by atoms with Crippen LogP contribution in [0.4, 0.5) is 0 Å². The van der Waals surface area contributed by atoms with Gasteiger partial charge in [-0.3, -0.25) is 0 Å². The number of hydrogen-bond donors (Lipinski definition) is 0. The van der Waals surface area contributed by atoms with E-state index >= 15 is 0 Å². The molecular formula is C21H23Cl. The third-order valence-electron chi connectivity index (χ3n) is 5.74. The molecule has 0 aliphatic heterocycles. The lowest BCUT2D eigenvalue weighted by Crippen LogP contribution is -2.15. The number of fused-ring (bicyclic) bond motifs is 3. The summed E-state index contributed by atoms with van der Waals surface area (Å²) in [6.45, 7) is 4.66. The third kappa shape index (κ3) is 2.04. The Morgan fingerprint density at radius 2 is 1.73 bits per heavy atom. The lowest BCUT2D eigenvalue weighted by molar-refractivity contribution is 0.444. The molecule has 22 heavy (non-hydrogen) atoms. The molecule has 1 saturated carbocycles. The van der Waals surface area contributed by atoms with E-state index in [-0.39, 0.29) is 5.41 Å². The minimum Gasteiger partial charge on any atom is -0.0843 e. The average Bonchev–Trinajstić information content (AvgIpc) is 2.76. The highest BCUT2D eigenvalue weighted by molar-refractivity contribution is 6.30. The van der Waals surface area contributed by atoms with Crippen molar-refractivity contribution in [3.63, 3.8) is 0 Å². The molecule has 0 heterocycles. The average molecular weight is 311 g/mol. The van der Waals surface area contributed by atoms with Gasteiger partial charge < -0.3 is 0 Å². The second-order valence-corrected chi connectivity index (χ2v) is 7.86. The largest absolute Gasteiger partial charge is 0.0843 e. The van der Waals surface area contributed by atoms with Crippen LogP contribution in [0.3, 0.4) is 0 Å². The number of hydrogen-bond acceptors (Lipinski definition) is 0. The molecule has 0 amide bonds. The zero-order valence-corrected chi connectivity index (χ0v) is 14.2. The van der Waals surface area contributed by atoms with E-state index in [2.05, 4.69) is 44.2 Å². The monoisotopic (exact) mass is 310 g/mol. The van der Waals surface area contributed by atoms with Crippen molar-refractivity contribution in [2.45, 2.75) is 57.3 Å². The Labute approximate surface area is 138 Å². The first-order valence-corrected chi connectivity index (χ1v) is 8.90. The zero-order valence-electron chi connectivity index (χ0n) is 13.5. The first-order valence-electron chi connectivity index (χ1n) is 8.53. The summed E-state index contributed by atoms with van der Waals surface area (Å²) >= 11 is 6.28. The minimum absolute atomic E-state index is 0.0558. The zero-order chi connectivity index (χ0) is 15.3. The van der Waals surface area contributed by atoms with E-state index in [0.717, 1.165) is 10.9 Å². The van der Waals surface area contributed by atoms with Crippen molar-refractivity contribution in [2.75, 3.05) is 0 Å². The summed E-state index contributed by atoms with van der Waals surface area (Å²) in [4.78, 5) is 0. The Morgan fingerprint density at radius 1 is 0.955 bits per heavy atom. The van der Waals surface area contributed by atoms with Crippen LogP contribution in [0.5, 0.6) is 0 Å². The van der Waals surface area contributed by atoms with Crippen LogP contribution in [0.1, 0.15) is 68.6 Å². The van der Waals surface area contributed by atoms with Crippen molar-refractivity contribution >= 4 is 11.6 Å². The Hall–Kier alpha value is -1.27. The molecule has 1 fully saturated rings. The Bertz CT molecular complexity index is 721. The van der Waals surface area contributed by atoms with E-state index in [0.29, 0.717) is 0 Å². The molecular weight excluding hydrogens is 288 g/mol.